The lowest BCUT2D eigenvalue weighted by molar-refractivity contribution is -0.657. The van der Waals surface area contributed by atoms with Crippen molar-refractivity contribution in [3.8, 4) is 0 Å². The highest BCUT2D eigenvalue weighted by atomic mass is 79.9. The van der Waals surface area contributed by atoms with Gasteiger partial charge in [0.2, 0.25) is 12.1 Å². The topological polar surface area (TPSA) is 52.2 Å². The summed E-state index contributed by atoms with van der Waals surface area (Å²) in [4.78, 5) is 13.1. The van der Waals surface area contributed by atoms with E-state index in [0.29, 0.717) is 12.1 Å². The van der Waals surface area contributed by atoms with E-state index in [0.717, 1.165) is 54.5 Å². The molecule has 0 atom stereocenters. The number of Topliss-reactive ketones (excluding diaryl/α,β-unsaturated/α-hetero) is 1. The number of para-hydroxylation sites is 4. The largest absolute Gasteiger partial charge is 1.00 e. The Bertz CT molecular complexity index is 1910. The molecule has 0 unspecified atom stereocenters. The second kappa shape index (κ2) is 11.4. The number of fused-ring (bicyclic) bond motifs is 3. The maximum absolute atomic E-state index is 13.1. The Morgan fingerprint density at radius 2 is 1.37 bits per heavy atom. The second-order valence-electron chi connectivity index (χ2n) is 9.73. The molecule has 5 nitrogen and oxygen atoms in total. The second-order valence-corrected chi connectivity index (χ2v) is 10.6. The summed E-state index contributed by atoms with van der Waals surface area (Å²) in [6.45, 7) is 0.808. The average Bonchev–Trinajstić information content (AvgIpc) is 3.69. The SMILES string of the molecule is O=C(C[n+]1cn(CC=C(c2cc3ccccc3o2)c2cc3ccccc3o2)c2ccccc21)c1ccc(Br)cc1.[Br-]. The molecule has 7 aromatic rings. The van der Waals surface area contributed by atoms with E-state index in [1.54, 1.807) is 0 Å². The molecule has 0 aliphatic carbocycles. The maximum atomic E-state index is 13.1. The lowest BCUT2D eigenvalue weighted by Gasteiger charge is -2.01. The summed E-state index contributed by atoms with van der Waals surface area (Å²) in [5, 5.41) is 2.07. The number of aromatic nitrogens is 2. The average molecular weight is 668 g/mol. The predicted molar refractivity (Wildman–Crippen MR) is 160 cm³/mol. The number of hydrogen-bond acceptors (Lipinski definition) is 3. The number of ketones is 1. The molecule has 0 radical (unpaired) electrons. The zero-order valence-corrected chi connectivity index (χ0v) is 25.0. The molecule has 7 rings (SSSR count). The van der Waals surface area contributed by atoms with E-state index in [9.17, 15) is 4.79 Å². The molecule has 0 spiro atoms. The van der Waals surface area contributed by atoms with Crippen LogP contribution in [0.5, 0.6) is 0 Å². The first-order valence-corrected chi connectivity index (χ1v) is 13.9. The number of allylic oxidation sites excluding steroid dienone is 1. The monoisotopic (exact) mass is 666 g/mol. The van der Waals surface area contributed by atoms with Crippen molar-refractivity contribution in [3.05, 3.63) is 143 Å². The molecular formula is C34H24Br2N2O3. The van der Waals surface area contributed by atoms with Crippen LogP contribution in [-0.4, -0.2) is 10.4 Å². The Labute approximate surface area is 255 Å². The summed E-state index contributed by atoms with van der Waals surface area (Å²) in [6, 6.07) is 35.7. The lowest BCUT2D eigenvalue weighted by Crippen LogP contribution is -3.00. The number of benzene rings is 4. The number of imidazole rings is 1. The molecule has 0 aliphatic heterocycles. The number of carbonyl (C=O) groups is 1. The highest BCUT2D eigenvalue weighted by Crippen LogP contribution is 2.33. The van der Waals surface area contributed by atoms with Gasteiger partial charge in [-0.2, -0.15) is 0 Å². The highest BCUT2D eigenvalue weighted by molar-refractivity contribution is 9.10. The molecule has 0 amide bonds. The highest BCUT2D eigenvalue weighted by Gasteiger charge is 2.20. The van der Waals surface area contributed by atoms with E-state index < -0.39 is 0 Å². The van der Waals surface area contributed by atoms with Crippen LogP contribution >= 0.6 is 15.9 Å². The van der Waals surface area contributed by atoms with Crippen molar-refractivity contribution in [2.75, 3.05) is 0 Å². The van der Waals surface area contributed by atoms with Crippen molar-refractivity contribution < 1.29 is 35.2 Å². The van der Waals surface area contributed by atoms with E-state index in [4.69, 9.17) is 8.83 Å². The van der Waals surface area contributed by atoms with Crippen molar-refractivity contribution in [1.29, 1.82) is 0 Å². The van der Waals surface area contributed by atoms with Gasteiger partial charge in [-0.15, -0.1) is 0 Å². The van der Waals surface area contributed by atoms with Gasteiger partial charge in [0.15, 0.2) is 17.6 Å². The zero-order chi connectivity index (χ0) is 27.1. The fourth-order valence-corrected chi connectivity index (χ4v) is 5.40. The standard InChI is InChI=1S/C34H24BrN2O3.BrH/c35-26-15-13-23(14-16-26)30(38)21-37-22-36(28-9-3-4-10-29(28)37)18-17-27(33-19-24-7-1-5-11-31(24)39-33)34-20-25-8-2-6-12-32(25)40-34;/h1-17,19-20,22H,18,21H2;1H/q+1;/p-1. The van der Waals surface area contributed by atoms with Gasteiger partial charge in [0.05, 0.1) is 5.57 Å². The molecule has 202 valence electrons. The van der Waals surface area contributed by atoms with Gasteiger partial charge >= 0.3 is 0 Å². The van der Waals surface area contributed by atoms with Gasteiger partial charge in [-0.1, -0.05) is 76.6 Å². The van der Waals surface area contributed by atoms with Gasteiger partial charge in [0.1, 0.15) is 29.2 Å². The molecule has 0 N–H and O–H groups in total. The molecule has 7 heteroatoms. The van der Waals surface area contributed by atoms with Crippen molar-refractivity contribution in [2.45, 2.75) is 13.1 Å². The minimum atomic E-state index is 0. The number of furan rings is 2. The fraction of sp³-hybridized carbons (Fsp3) is 0.0588. The van der Waals surface area contributed by atoms with E-state index in [-0.39, 0.29) is 29.3 Å². The zero-order valence-electron chi connectivity index (χ0n) is 21.8. The van der Waals surface area contributed by atoms with Crippen LogP contribution < -0.4 is 21.5 Å². The fourth-order valence-electron chi connectivity index (χ4n) is 5.14. The van der Waals surface area contributed by atoms with Crippen LogP contribution in [0, 0.1) is 0 Å². The van der Waals surface area contributed by atoms with Crippen LogP contribution in [0.3, 0.4) is 0 Å². The maximum Gasteiger partial charge on any atom is 0.245 e. The van der Waals surface area contributed by atoms with Gasteiger partial charge in [-0.3, -0.25) is 4.79 Å². The predicted octanol–water partition coefficient (Wildman–Crippen LogP) is 5.20. The first-order chi connectivity index (χ1) is 19.6. The number of rotatable bonds is 7. The molecule has 0 saturated carbocycles. The Kier molecular flexibility index (Phi) is 7.47. The molecular weight excluding hydrogens is 644 g/mol. The molecule has 0 aliphatic rings. The third kappa shape index (κ3) is 5.31. The van der Waals surface area contributed by atoms with E-state index in [1.165, 1.54) is 0 Å². The van der Waals surface area contributed by atoms with Crippen LogP contribution in [-0.2, 0) is 13.1 Å². The first-order valence-electron chi connectivity index (χ1n) is 13.1. The minimum Gasteiger partial charge on any atom is -1.00 e. The summed E-state index contributed by atoms with van der Waals surface area (Å²) < 4.78 is 17.7. The number of nitrogens with zero attached hydrogens (tertiary/aromatic N) is 2. The number of halogens is 2. The molecule has 4 aromatic carbocycles. The Balaban J connectivity index is 0.00000302. The van der Waals surface area contributed by atoms with Crippen molar-refractivity contribution in [1.82, 2.24) is 4.57 Å². The van der Waals surface area contributed by atoms with Crippen molar-refractivity contribution in [3.63, 3.8) is 0 Å². The number of hydrogen-bond donors (Lipinski definition) is 0. The minimum absolute atomic E-state index is 0. The summed E-state index contributed by atoms with van der Waals surface area (Å²) in [5.74, 6) is 1.55. The first kappa shape index (κ1) is 27.0. The molecule has 3 heterocycles. The smallest absolute Gasteiger partial charge is 0.245 e. The molecule has 0 saturated heterocycles. The van der Waals surface area contributed by atoms with Crippen LogP contribution in [0.1, 0.15) is 21.9 Å². The van der Waals surface area contributed by atoms with Crippen molar-refractivity contribution in [2.24, 2.45) is 0 Å². The molecule has 3 aromatic heterocycles. The van der Waals surface area contributed by atoms with Gasteiger partial charge in [0.25, 0.3) is 0 Å². The summed E-state index contributed by atoms with van der Waals surface area (Å²) in [5.41, 5.74) is 5.25. The summed E-state index contributed by atoms with van der Waals surface area (Å²) in [6.07, 6.45) is 4.13. The Morgan fingerprint density at radius 1 is 0.780 bits per heavy atom. The van der Waals surface area contributed by atoms with E-state index >= 15 is 0 Å². The Hall–Kier alpha value is -4.20. The quantitative estimate of drug-likeness (QED) is 0.174. The van der Waals surface area contributed by atoms with Crippen molar-refractivity contribution >= 4 is 60.3 Å². The molecule has 0 bridgehead atoms. The van der Waals surface area contributed by atoms with Gasteiger partial charge < -0.3 is 25.8 Å². The summed E-state index contributed by atoms with van der Waals surface area (Å²) in [7, 11) is 0. The third-order valence-electron chi connectivity index (χ3n) is 7.13. The Morgan fingerprint density at radius 3 is 2.00 bits per heavy atom. The summed E-state index contributed by atoms with van der Waals surface area (Å²) >= 11 is 3.44. The van der Waals surface area contributed by atoms with E-state index in [1.807, 2.05) is 102 Å². The molecule has 0 fully saturated rings. The third-order valence-corrected chi connectivity index (χ3v) is 7.66. The normalized spacial score (nSPS) is 11.1. The van der Waals surface area contributed by atoms with Crippen LogP contribution in [0.4, 0.5) is 0 Å². The van der Waals surface area contributed by atoms with E-state index in [2.05, 4.69) is 44.8 Å². The van der Waals surface area contributed by atoms with Gasteiger partial charge in [-0.25, -0.2) is 9.13 Å². The van der Waals surface area contributed by atoms with Crippen LogP contribution in [0.2, 0.25) is 0 Å². The van der Waals surface area contributed by atoms with Crippen LogP contribution in [0.15, 0.2) is 135 Å². The lowest BCUT2D eigenvalue weighted by atomic mass is 10.1. The van der Waals surface area contributed by atoms with Gasteiger partial charge in [-0.05, 0) is 54.6 Å². The number of carbonyl (C=O) groups excluding carboxylic acids is 1. The van der Waals surface area contributed by atoms with Crippen LogP contribution in [0.25, 0.3) is 38.5 Å². The van der Waals surface area contributed by atoms with Gasteiger partial charge in [0, 0.05) is 20.8 Å². The molecule has 41 heavy (non-hydrogen) atoms.